The first kappa shape index (κ1) is 18.9. The molecule has 148 valence electrons. The minimum absolute atomic E-state index is 0.0409. The number of rotatable bonds is 4. The molecule has 3 aromatic rings. The van der Waals surface area contributed by atoms with E-state index in [-0.39, 0.29) is 5.88 Å². The van der Waals surface area contributed by atoms with Crippen LogP contribution in [0.1, 0.15) is 26.8 Å². The maximum atomic E-state index is 9.88. The molecule has 1 aliphatic heterocycles. The number of methoxy groups -OCH3 is 2. The van der Waals surface area contributed by atoms with Crippen molar-refractivity contribution in [1.29, 1.82) is 5.26 Å². The standard InChI is InChI=1S/C21H20N4O3S/c1-10-7-14(11(2)29-10)19-18-17(13-6-5-12(26-3)8-16(13)27-4)15(9-22)20(23)28-21(18)25-24-19/h5-8,17H,23H2,1-4H3,(H,24,25). The Hall–Kier alpha value is -3.44. The minimum Gasteiger partial charge on any atom is -0.497 e. The largest absolute Gasteiger partial charge is 0.497 e. The van der Waals surface area contributed by atoms with E-state index in [9.17, 15) is 5.26 Å². The van der Waals surface area contributed by atoms with E-state index < -0.39 is 5.92 Å². The molecule has 0 fully saturated rings. The molecule has 0 spiro atoms. The van der Waals surface area contributed by atoms with Gasteiger partial charge in [0.15, 0.2) is 0 Å². The number of nitrogens with one attached hydrogen (secondary N) is 1. The molecule has 8 heteroatoms. The fraction of sp³-hybridized carbons (Fsp3) is 0.238. The SMILES string of the molecule is COc1ccc(C2C(C#N)=C(N)Oc3n[nH]c(-c4cc(C)sc4C)c32)c(OC)c1. The Kier molecular flexibility index (Phi) is 4.68. The van der Waals surface area contributed by atoms with Crippen LogP contribution in [-0.4, -0.2) is 24.4 Å². The Morgan fingerprint density at radius 3 is 2.66 bits per heavy atom. The molecule has 1 aromatic carbocycles. The van der Waals surface area contributed by atoms with E-state index in [0.29, 0.717) is 23.0 Å². The van der Waals surface area contributed by atoms with Gasteiger partial charge in [-0.2, -0.15) is 5.26 Å². The van der Waals surface area contributed by atoms with Crippen LogP contribution >= 0.6 is 11.3 Å². The van der Waals surface area contributed by atoms with Crippen LogP contribution in [0.15, 0.2) is 35.7 Å². The summed E-state index contributed by atoms with van der Waals surface area (Å²) in [4.78, 5) is 2.34. The molecule has 0 amide bonds. The molecule has 3 N–H and O–H groups in total. The Morgan fingerprint density at radius 1 is 1.24 bits per heavy atom. The van der Waals surface area contributed by atoms with Crippen molar-refractivity contribution in [1.82, 2.24) is 10.2 Å². The number of nitrogens with zero attached hydrogens (tertiary/aromatic N) is 2. The van der Waals surface area contributed by atoms with Gasteiger partial charge in [-0.25, -0.2) is 0 Å². The van der Waals surface area contributed by atoms with E-state index in [1.54, 1.807) is 31.6 Å². The second-order valence-electron chi connectivity index (χ2n) is 6.68. The first-order valence-electron chi connectivity index (χ1n) is 8.93. The number of aryl methyl sites for hydroxylation is 2. The predicted molar refractivity (Wildman–Crippen MR) is 110 cm³/mol. The van der Waals surface area contributed by atoms with Crippen LogP contribution in [0.3, 0.4) is 0 Å². The molecule has 7 nitrogen and oxygen atoms in total. The van der Waals surface area contributed by atoms with Crippen LogP contribution < -0.4 is 19.9 Å². The highest BCUT2D eigenvalue weighted by Crippen LogP contribution is 2.49. The topological polar surface area (TPSA) is 106 Å². The average Bonchev–Trinajstić information content (AvgIpc) is 3.28. The van der Waals surface area contributed by atoms with Gasteiger partial charge in [-0.05, 0) is 26.0 Å². The van der Waals surface area contributed by atoms with Crippen LogP contribution in [0.2, 0.25) is 0 Å². The number of thiophene rings is 1. The first-order chi connectivity index (χ1) is 14.0. The third-order valence-corrected chi connectivity index (χ3v) is 5.97. The summed E-state index contributed by atoms with van der Waals surface area (Å²) >= 11 is 1.70. The Bertz CT molecular complexity index is 1170. The van der Waals surface area contributed by atoms with Crippen molar-refractivity contribution < 1.29 is 14.2 Å². The molecule has 0 aliphatic carbocycles. The van der Waals surface area contributed by atoms with E-state index >= 15 is 0 Å². The lowest BCUT2D eigenvalue weighted by atomic mass is 9.82. The summed E-state index contributed by atoms with van der Waals surface area (Å²) in [5, 5.41) is 17.3. The fourth-order valence-electron chi connectivity index (χ4n) is 3.70. The Labute approximate surface area is 172 Å². The molecule has 1 unspecified atom stereocenters. The highest BCUT2D eigenvalue weighted by atomic mass is 32.1. The van der Waals surface area contributed by atoms with Crippen molar-refractivity contribution in [3.05, 3.63) is 56.6 Å². The van der Waals surface area contributed by atoms with Gasteiger partial charge in [-0.15, -0.1) is 16.4 Å². The molecular formula is C21H20N4O3S. The number of aromatic nitrogens is 2. The molecule has 0 radical (unpaired) electrons. The lowest BCUT2D eigenvalue weighted by Crippen LogP contribution is -2.21. The maximum Gasteiger partial charge on any atom is 0.244 e. The number of hydrogen-bond acceptors (Lipinski definition) is 7. The summed E-state index contributed by atoms with van der Waals surface area (Å²) in [6.45, 7) is 4.12. The molecule has 1 aliphatic rings. The van der Waals surface area contributed by atoms with Crippen molar-refractivity contribution in [3.8, 4) is 34.7 Å². The van der Waals surface area contributed by atoms with Gasteiger partial charge < -0.3 is 19.9 Å². The maximum absolute atomic E-state index is 9.88. The zero-order valence-corrected chi connectivity index (χ0v) is 17.3. The lowest BCUT2D eigenvalue weighted by Gasteiger charge is -2.25. The molecule has 0 saturated carbocycles. The summed E-state index contributed by atoms with van der Waals surface area (Å²) < 4.78 is 16.6. The number of benzene rings is 1. The zero-order valence-electron chi connectivity index (χ0n) is 16.5. The van der Waals surface area contributed by atoms with Crippen molar-refractivity contribution >= 4 is 11.3 Å². The van der Waals surface area contributed by atoms with Crippen LogP contribution in [0.5, 0.6) is 17.4 Å². The minimum atomic E-state index is -0.488. The van der Waals surface area contributed by atoms with E-state index in [2.05, 4.69) is 36.2 Å². The quantitative estimate of drug-likeness (QED) is 0.676. The van der Waals surface area contributed by atoms with Crippen LogP contribution in [0.4, 0.5) is 0 Å². The lowest BCUT2D eigenvalue weighted by molar-refractivity contribution is 0.373. The van der Waals surface area contributed by atoms with Gasteiger partial charge in [-0.1, -0.05) is 6.07 Å². The van der Waals surface area contributed by atoms with Gasteiger partial charge in [0.25, 0.3) is 0 Å². The summed E-state index contributed by atoms with van der Waals surface area (Å²) in [5.41, 5.74) is 9.78. The third-order valence-electron chi connectivity index (χ3n) is 5.00. The molecule has 0 saturated heterocycles. The summed E-state index contributed by atoms with van der Waals surface area (Å²) in [7, 11) is 3.18. The molecule has 29 heavy (non-hydrogen) atoms. The third kappa shape index (κ3) is 3.00. The van der Waals surface area contributed by atoms with Gasteiger partial charge in [0.05, 0.1) is 31.4 Å². The first-order valence-corrected chi connectivity index (χ1v) is 9.75. The number of ether oxygens (including phenoxy) is 3. The van der Waals surface area contributed by atoms with E-state index in [1.165, 1.54) is 4.88 Å². The molecule has 3 heterocycles. The second-order valence-corrected chi connectivity index (χ2v) is 8.14. The van der Waals surface area contributed by atoms with Crippen molar-refractivity contribution in [2.24, 2.45) is 5.73 Å². The normalized spacial score (nSPS) is 15.5. The van der Waals surface area contributed by atoms with Gasteiger partial charge in [0.1, 0.15) is 23.1 Å². The number of fused-ring (bicyclic) bond motifs is 1. The number of H-pyrrole nitrogens is 1. The molecule has 0 bridgehead atoms. The van der Waals surface area contributed by atoms with Gasteiger partial charge in [-0.3, -0.25) is 5.10 Å². The van der Waals surface area contributed by atoms with Crippen molar-refractivity contribution in [2.75, 3.05) is 14.2 Å². The van der Waals surface area contributed by atoms with Crippen molar-refractivity contribution in [3.63, 3.8) is 0 Å². The summed E-state index contributed by atoms with van der Waals surface area (Å²) in [5.74, 6) is 1.16. The highest BCUT2D eigenvalue weighted by molar-refractivity contribution is 7.12. The molecule has 4 rings (SSSR count). The van der Waals surface area contributed by atoms with Crippen LogP contribution in [0, 0.1) is 25.2 Å². The molecule has 1 atom stereocenters. The summed E-state index contributed by atoms with van der Waals surface area (Å²) in [6, 6.07) is 9.81. The Balaban J connectivity index is 1.99. The zero-order chi connectivity index (χ0) is 20.7. The van der Waals surface area contributed by atoms with Gasteiger partial charge in [0.2, 0.25) is 11.8 Å². The highest BCUT2D eigenvalue weighted by Gasteiger charge is 2.37. The van der Waals surface area contributed by atoms with Crippen LogP contribution in [-0.2, 0) is 0 Å². The van der Waals surface area contributed by atoms with Gasteiger partial charge >= 0.3 is 0 Å². The van der Waals surface area contributed by atoms with E-state index in [0.717, 1.165) is 27.3 Å². The number of nitrogens with two attached hydrogens (primary N) is 1. The number of allylic oxidation sites excluding steroid dienone is 1. The molecule has 2 aromatic heterocycles. The number of nitriles is 1. The van der Waals surface area contributed by atoms with Gasteiger partial charge in [0, 0.05) is 26.9 Å². The smallest absolute Gasteiger partial charge is 0.244 e. The van der Waals surface area contributed by atoms with E-state index in [4.69, 9.17) is 19.9 Å². The average molecular weight is 408 g/mol. The Morgan fingerprint density at radius 2 is 2.03 bits per heavy atom. The predicted octanol–water partition coefficient (Wildman–Crippen LogP) is 3.99. The molecular weight excluding hydrogens is 388 g/mol. The monoisotopic (exact) mass is 408 g/mol. The van der Waals surface area contributed by atoms with E-state index in [1.807, 2.05) is 12.1 Å². The second kappa shape index (κ2) is 7.18. The number of aromatic amines is 1. The van der Waals surface area contributed by atoms with Crippen molar-refractivity contribution in [2.45, 2.75) is 19.8 Å². The summed E-state index contributed by atoms with van der Waals surface area (Å²) in [6.07, 6.45) is 0. The fourth-order valence-corrected chi connectivity index (χ4v) is 4.63. The van der Waals surface area contributed by atoms with Crippen LogP contribution in [0.25, 0.3) is 11.3 Å². The number of hydrogen-bond donors (Lipinski definition) is 2.